The summed E-state index contributed by atoms with van der Waals surface area (Å²) in [4.78, 5) is 3.68. The van der Waals surface area contributed by atoms with Crippen molar-refractivity contribution in [2.24, 2.45) is 4.99 Å². The summed E-state index contributed by atoms with van der Waals surface area (Å²) in [5.74, 6) is 0. The summed E-state index contributed by atoms with van der Waals surface area (Å²) in [6, 6.07) is 0. The van der Waals surface area contributed by atoms with Crippen LogP contribution in [0, 0.1) is 0 Å². The quantitative estimate of drug-likeness (QED) is 0.262. The van der Waals surface area contributed by atoms with E-state index in [0.717, 1.165) is 5.57 Å². The van der Waals surface area contributed by atoms with E-state index in [1.54, 1.807) is 0 Å². The molecule has 3 heteroatoms. The van der Waals surface area contributed by atoms with Crippen LogP contribution in [0.2, 0.25) is 0 Å². The molecule has 0 aliphatic heterocycles. The Hall–Kier alpha value is -0.500. The van der Waals surface area contributed by atoms with Gasteiger partial charge in [0.25, 0.3) is 0 Å². The first-order valence-electron chi connectivity index (χ1n) is 3.03. The monoisotopic (exact) mass is 157 g/mol. The van der Waals surface area contributed by atoms with Gasteiger partial charge in [-0.2, -0.15) is 0 Å². The van der Waals surface area contributed by atoms with E-state index < -0.39 is 0 Å². The van der Waals surface area contributed by atoms with E-state index in [0.29, 0.717) is 19.8 Å². The Morgan fingerprint density at radius 2 is 2.50 bits per heavy atom. The number of ether oxygens (including phenoxy) is 1. The second-order valence-corrected chi connectivity index (χ2v) is 2.17. The van der Waals surface area contributed by atoms with Crippen LogP contribution in [0.15, 0.2) is 17.1 Å². The molecule has 0 bridgehead atoms. The molecule has 0 atom stereocenters. The van der Waals surface area contributed by atoms with Gasteiger partial charge in [0.1, 0.15) is 0 Å². The van der Waals surface area contributed by atoms with Crippen molar-refractivity contribution in [1.82, 2.24) is 0 Å². The van der Waals surface area contributed by atoms with Gasteiger partial charge >= 0.3 is 0 Å². The summed E-state index contributed by atoms with van der Waals surface area (Å²) in [7, 11) is 0. The molecule has 0 aromatic carbocycles. The van der Waals surface area contributed by atoms with Gasteiger partial charge in [-0.05, 0) is 19.1 Å². The van der Waals surface area contributed by atoms with Crippen molar-refractivity contribution in [2.45, 2.75) is 6.92 Å². The second kappa shape index (κ2) is 6.62. The van der Waals surface area contributed by atoms with Gasteiger partial charge < -0.3 is 4.74 Å². The highest BCUT2D eigenvalue weighted by Crippen LogP contribution is 1.86. The third kappa shape index (κ3) is 7.50. The van der Waals surface area contributed by atoms with Gasteiger partial charge in [-0.25, -0.2) is 4.99 Å². The molecular formula is C7H11NOS. The van der Waals surface area contributed by atoms with Gasteiger partial charge in [0.2, 0.25) is 0 Å². The van der Waals surface area contributed by atoms with E-state index in [4.69, 9.17) is 4.74 Å². The minimum Gasteiger partial charge on any atom is -0.375 e. The molecule has 10 heavy (non-hydrogen) atoms. The highest BCUT2D eigenvalue weighted by Gasteiger charge is 1.85. The van der Waals surface area contributed by atoms with Crippen molar-refractivity contribution in [1.29, 1.82) is 0 Å². The fourth-order valence-electron chi connectivity index (χ4n) is 0.402. The SMILES string of the molecule is C=C(C)COCCN=C=S. The van der Waals surface area contributed by atoms with E-state index in [1.165, 1.54) is 0 Å². The zero-order chi connectivity index (χ0) is 7.82. The van der Waals surface area contributed by atoms with E-state index in [9.17, 15) is 0 Å². The van der Waals surface area contributed by atoms with Crippen LogP contribution in [-0.4, -0.2) is 24.9 Å². The smallest absolute Gasteiger partial charge is 0.0727 e. The van der Waals surface area contributed by atoms with Crippen molar-refractivity contribution in [3.63, 3.8) is 0 Å². The van der Waals surface area contributed by atoms with Crippen molar-refractivity contribution in [3.05, 3.63) is 12.2 Å². The Balaban J connectivity index is 3.05. The lowest BCUT2D eigenvalue weighted by Crippen LogP contribution is -1.99. The highest BCUT2D eigenvalue weighted by molar-refractivity contribution is 7.78. The van der Waals surface area contributed by atoms with Crippen LogP contribution in [-0.2, 0) is 4.74 Å². The number of hydrogen-bond donors (Lipinski definition) is 0. The summed E-state index contributed by atoms with van der Waals surface area (Å²) in [5, 5.41) is 2.26. The summed E-state index contributed by atoms with van der Waals surface area (Å²) in [6.45, 7) is 7.39. The number of isothiocyanates is 1. The molecule has 0 heterocycles. The maximum atomic E-state index is 5.12. The fraction of sp³-hybridized carbons (Fsp3) is 0.571. The maximum absolute atomic E-state index is 5.12. The zero-order valence-corrected chi connectivity index (χ0v) is 6.91. The molecule has 0 fully saturated rings. The van der Waals surface area contributed by atoms with E-state index in [2.05, 4.69) is 29.0 Å². The van der Waals surface area contributed by atoms with Gasteiger partial charge in [-0.15, -0.1) is 0 Å². The molecule has 0 saturated carbocycles. The highest BCUT2D eigenvalue weighted by atomic mass is 32.1. The molecular weight excluding hydrogens is 146 g/mol. The maximum Gasteiger partial charge on any atom is 0.0727 e. The fourth-order valence-corrected chi connectivity index (χ4v) is 0.494. The van der Waals surface area contributed by atoms with Crippen LogP contribution in [0.1, 0.15) is 6.92 Å². The lowest BCUT2D eigenvalue weighted by molar-refractivity contribution is 0.165. The molecule has 0 aromatic rings. The van der Waals surface area contributed by atoms with Crippen molar-refractivity contribution >= 4 is 17.4 Å². The molecule has 0 unspecified atom stereocenters. The number of rotatable bonds is 5. The molecule has 0 aliphatic rings. The normalized spacial score (nSPS) is 8.50. The number of hydrogen-bond acceptors (Lipinski definition) is 3. The first-order valence-corrected chi connectivity index (χ1v) is 3.44. The minimum absolute atomic E-state index is 0.594. The van der Waals surface area contributed by atoms with Crippen LogP contribution in [0.5, 0.6) is 0 Å². The van der Waals surface area contributed by atoms with E-state index >= 15 is 0 Å². The Morgan fingerprint density at radius 1 is 1.80 bits per heavy atom. The molecule has 56 valence electrons. The predicted molar refractivity (Wildman–Crippen MR) is 45.5 cm³/mol. The Labute approximate surface area is 66.6 Å². The van der Waals surface area contributed by atoms with Crippen LogP contribution in [0.3, 0.4) is 0 Å². The van der Waals surface area contributed by atoms with Gasteiger partial charge in [0.05, 0.1) is 24.9 Å². The van der Waals surface area contributed by atoms with Crippen LogP contribution >= 0.6 is 12.2 Å². The van der Waals surface area contributed by atoms with Gasteiger partial charge in [-0.1, -0.05) is 12.2 Å². The molecule has 0 aromatic heterocycles. The predicted octanol–water partition coefficient (Wildman–Crippen LogP) is 1.68. The number of thiocarbonyl (C=S) groups is 1. The second-order valence-electron chi connectivity index (χ2n) is 1.98. The third-order valence-corrected chi connectivity index (χ3v) is 0.890. The molecule has 0 spiro atoms. The van der Waals surface area contributed by atoms with E-state index in [1.807, 2.05) is 6.92 Å². The average Bonchev–Trinajstić information content (AvgIpc) is 1.87. The molecule has 0 amide bonds. The third-order valence-electron chi connectivity index (χ3n) is 0.760. The van der Waals surface area contributed by atoms with Gasteiger partial charge in [0.15, 0.2) is 0 Å². The summed E-state index contributed by atoms with van der Waals surface area (Å²) < 4.78 is 5.12. The summed E-state index contributed by atoms with van der Waals surface area (Å²) in [5.41, 5.74) is 1.02. The first kappa shape index (κ1) is 9.50. The number of nitrogens with zero attached hydrogens (tertiary/aromatic N) is 1. The van der Waals surface area contributed by atoms with Crippen LogP contribution in [0.4, 0.5) is 0 Å². The molecule has 0 rings (SSSR count). The zero-order valence-electron chi connectivity index (χ0n) is 6.09. The first-order chi connectivity index (χ1) is 4.77. The lowest BCUT2D eigenvalue weighted by Gasteiger charge is -1.98. The topological polar surface area (TPSA) is 21.6 Å². The van der Waals surface area contributed by atoms with Crippen molar-refractivity contribution in [3.8, 4) is 0 Å². The average molecular weight is 157 g/mol. The molecule has 2 nitrogen and oxygen atoms in total. The van der Waals surface area contributed by atoms with E-state index in [-0.39, 0.29) is 0 Å². The minimum atomic E-state index is 0.594. The van der Waals surface area contributed by atoms with Gasteiger partial charge in [0, 0.05) is 0 Å². The standard InChI is InChI=1S/C7H11NOS/c1-7(2)5-9-4-3-8-6-10/h1,3-5H2,2H3. The van der Waals surface area contributed by atoms with Crippen LogP contribution < -0.4 is 0 Å². The summed E-state index contributed by atoms with van der Waals surface area (Å²) >= 11 is 4.36. The molecule has 0 saturated heterocycles. The van der Waals surface area contributed by atoms with Crippen LogP contribution in [0.25, 0.3) is 0 Å². The van der Waals surface area contributed by atoms with Crippen molar-refractivity contribution < 1.29 is 4.74 Å². The Kier molecular flexibility index (Phi) is 6.29. The Bertz CT molecular complexity index is 146. The Morgan fingerprint density at radius 3 is 3.00 bits per heavy atom. The van der Waals surface area contributed by atoms with Crippen molar-refractivity contribution in [2.75, 3.05) is 19.8 Å². The van der Waals surface area contributed by atoms with Gasteiger partial charge in [-0.3, -0.25) is 0 Å². The molecule has 0 aliphatic carbocycles. The molecule has 0 N–H and O–H groups in total. The number of aliphatic imine (C=N–C) groups is 1. The lowest BCUT2D eigenvalue weighted by atomic mass is 10.4. The largest absolute Gasteiger partial charge is 0.375 e. The molecule has 0 radical (unpaired) electrons. The summed E-state index contributed by atoms with van der Waals surface area (Å²) in [6.07, 6.45) is 0.